The average molecular weight is 353 g/mol. The lowest BCUT2D eigenvalue weighted by atomic mass is 10.2. The highest BCUT2D eigenvalue weighted by Gasteiger charge is 2.30. The first-order valence-electron chi connectivity index (χ1n) is 6.71. The van der Waals surface area contributed by atoms with Crippen molar-refractivity contribution in [2.45, 2.75) is 6.18 Å². The number of amides is 1. The van der Waals surface area contributed by atoms with Gasteiger partial charge in [-0.3, -0.25) is 4.79 Å². The molecule has 0 aliphatic heterocycles. The lowest BCUT2D eigenvalue weighted by Crippen LogP contribution is -2.20. The van der Waals surface area contributed by atoms with E-state index in [1.807, 2.05) is 5.38 Å². The summed E-state index contributed by atoms with van der Waals surface area (Å²) in [6.07, 6.45) is -3.15. The lowest BCUT2D eigenvalue weighted by molar-refractivity contribution is -0.137. The molecule has 24 heavy (non-hydrogen) atoms. The number of nitrogens with zero attached hydrogens (tertiary/aromatic N) is 2. The molecule has 0 aliphatic carbocycles. The molecular weight excluding hydrogens is 343 g/mol. The minimum Gasteiger partial charge on any atom is -0.467 e. The highest BCUT2D eigenvalue weighted by atomic mass is 32.1. The molecule has 0 saturated heterocycles. The van der Waals surface area contributed by atoms with Crippen molar-refractivity contribution in [2.75, 3.05) is 11.9 Å². The summed E-state index contributed by atoms with van der Waals surface area (Å²) in [5.74, 6) is -0.336. The number of hydrogen-bond acceptors (Lipinski definition) is 5. The van der Waals surface area contributed by atoms with E-state index in [0.717, 1.165) is 17.0 Å². The molecule has 0 bridgehead atoms. The number of aromatic nitrogens is 2. The summed E-state index contributed by atoms with van der Waals surface area (Å²) in [6.45, 7) is -0.377. The Morgan fingerprint density at radius 3 is 2.88 bits per heavy atom. The van der Waals surface area contributed by atoms with Gasteiger partial charge >= 0.3 is 6.18 Å². The van der Waals surface area contributed by atoms with Crippen LogP contribution in [0.15, 0.2) is 42.0 Å². The van der Waals surface area contributed by atoms with Crippen LogP contribution < -0.4 is 10.1 Å². The second-order valence-corrected chi connectivity index (χ2v) is 5.63. The van der Waals surface area contributed by atoms with E-state index < -0.39 is 17.6 Å². The third kappa shape index (κ3) is 3.62. The molecule has 2 heterocycles. The van der Waals surface area contributed by atoms with Crippen molar-refractivity contribution in [3.8, 4) is 5.88 Å². The number of hydrogen-bond donors (Lipinski definition) is 1. The van der Waals surface area contributed by atoms with E-state index in [-0.39, 0.29) is 18.2 Å². The van der Waals surface area contributed by atoms with Crippen molar-refractivity contribution in [1.82, 2.24) is 9.97 Å². The molecule has 0 spiro atoms. The van der Waals surface area contributed by atoms with Gasteiger partial charge in [-0.25, -0.2) is 9.97 Å². The number of benzene rings is 1. The van der Waals surface area contributed by atoms with Gasteiger partial charge in [-0.1, -0.05) is 6.07 Å². The number of carbonyl (C=O) groups excluding carboxylic acids is 1. The standard InChI is InChI=1S/C15H10F3N3O2S/c16-15(17,18)9-2-1-3-10(6-9)21-12(22)7-23-13-11-4-5-24-14(11)20-8-19-13/h1-6,8H,7H2,(H,21,22). The molecule has 0 fully saturated rings. The highest BCUT2D eigenvalue weighted by molar-refractivity contribution is 7.16. The summed E-state index contributed by atoms with van der Waals surface area (Å²) in [7, 11) is 0. The highest BCUT2D eigenvalue weighted by Crippen LogP contribution is 2.30. The molecule has 0 atom stereocenters. The van der Waals surface area contributed by atoms with Gasteiger partial charge < -0.3 is 10.1 Å². The van der Waals surface area contributed by atoms with Gasteiger partial charge in [0, 0.05) is 5.69 Å². The Bertz CT molecular complexity index is 880. The van der Waals surface area contributed by atoms with E-state index in [9.17, 15) is 18.0 Å². The summed E-state index contributed by atoms with van der Waals surface area (Å²) >= 11 is 1.40. The molecule has 1 aromatic carbocycles. The van der Waals surface area contributed by atoms with Crippen LogP contribution in [0.1, 0.15) is 5.56 Å². The number of fused-ring (bicyclic) bond motifs is 1. The number of anilines is 1. The van der Waals surface area contributed by atoms with Crippen LogP contribution in [0.25, 0.3) is 10.2 Å². The first-order chi connectivity index (χ1) is 11.4. The van der Waals surface area contributed by atoms with Crippen LogP contribution >= 0.6 is 11.3 Å². The Labute approximate surface area is 138 Å². The molecule has 0 radical (unpaired) electrons. The van der Waals surface area contributed by atoms with Crippen LogP contribution in [-0.4, -0.2) is 22.5 Å². The summed E-state index contributed by atoms with van der Waals surface area (Å²) in [6, 6.07) is 6.15. The van der Waals surface area contributed by atoms with Crippen molar-refractivity contribution < 1.29 is 22.7 Å². The zero-order valence-corrected chi connectivity index (χ0v) is 12.8. The number of thiophene rings is 1. The number of carbonyl (C=O) groups is 1. The van der Waals surface area contributed by atoms with Crippen molar-refractivity contribution in [3.63, 3.8) is 0 Å². The van der Waals surface area contributed by atoms with Crippen molar-refractivity contribution in [2.24, 2.45) is 0 Å². The Hall–Kier alpha value is -2.68. The molecule has 9 heteroatoms. The monoisotopic (exact) mass is 353 g/mol. The van der Waals surface area contributed by atoms with Gasteiger partial charge in [0.1, 0.15) is 11.2 Å². The normalized spacial score (nSPS) is 11.5. The predicted molar refractivity (Wildman–Crippen MR) is 83.0 cm³/mol. The first-order valence-corrected chi connectivity index (χ1v) is 7.59. The van der Waals surface area contributed by atoms with Gasteiger partial charge in [-0.15, -0.1) is 11.3 Å². The second-order valence-electron chi connectivity index (χ2n) is 4.73. The van der Waals surface area contributed by atoms with Crippen LogP contribution in [-0.2, 0) is 11.0 Å². The van der Waals surface area contributed by atoms with Gasteiger partial charge in [0.25, 0.3) is 5.91 Å². The third-order valence-corrected chi connectivity index (χ3v) is 3.86. The number of rotatable bonds is 4. The lowest BCUT2D eigenvalue weighted by Gasteiger charge is -2.10. The fourth-order valence-electron chi connectivity index (χ4n) is 1.99. The predicted octanol–water partition coefficient (Wildman–Crippen LogP) is 3.73. The zero-order valence-electron chi connectivity index (χ0n) is 12.0. The number of halogens is 3. The fraction of sp³-hybridized carbons (Fsp3) is 0.133. The Kier molecular flexibility index (Phi) is 4.34. The molecule has 1 amide bonds. The third-order valence-electron chi connectivity index (χ3n) is 3.04. The molecule has 1 N–H and O–H groups in total. The van der Waals surface area contributed by atoms with Crippen LogP contribution in [0.2, 0.25) is 0 Å². The Morgan fingerprint density at radius 1 is 1.25 bits per heavy atom. The van der Waals surface area contributed by atoms with E-state index in [1.165, 1.54) is 29.8 Å². The van der Waals surface area contributed by atoms with Crippen molar-refractivity contribution >= 4 is 33.1 Å². The molecular formula is C15H10F3N3O2S. The van der Waals surface area contributed by atoms with E-state index in [0.29, 0.717) is 5.39 Å². The molecule has 5 nitrogen and oxygen atoms in total. The minimum atomic E-state index is -4.47. The van der Waals surface area contributed by atoms with Gasteiger partial charge in [0.2, 0.25) is 5.88 Å². The zero-order chi connectivity index (χ0) is 17.2. The van der Waals surface area contributed by atoms with Gasteiger partial charge in [0.15, 0.2) is 6.61 Å². The molecule has 0 saturated carbocycles. The maximum atomic E-state index is 12.6. The Balaban J connectivity index is 1.65. The number of alkyl halides is 3. The summed E-state index contributed by atoms with van der Waals surface area (Å²) < 4.78 is 43.3. The largest absolute Gasteiger partial charge is 0.467 e. The topological polar surface area (TPSA) is 64.1 Å². The maximum Gasteiger partial charge on any atom is 0.416 e. The van der Waals surface area contributed by atoms with E-state index in [4.69, 9.17) is 4.74 Å². The van der Waals surface area contributed by atoms with Crippen LogP contribution in [0.3, 0.4) is 0 Å². The Morgan fingerprint density at radius 2 is 2.08 bits per heavy atom. The van der Waals surface area contributed by atoms with E-state index in [2.05, 4.69) is 15.3 Å². The summed E-state index contributed by atoms with van der Waals surface area (Å²) in [5, 5.41) is 4.85. The summed E-state index contributed by atoms with van der Waals surface area (Å²) in [4.78, 5) is 20.6. The first kappa shape index (κ1) is 16.2. The second kappa shape index (κ2) is 6.44. The van der Waals surface area contributed by atoms with Crippen molar-refractivity contribution in [3.05, 3.63) is 47.6 Å². The molecule has 3 aromatic rings. The van der Waals surface area contributed by atoms with Crippen molar-refractivity contribution in [1.29, 1.82) is 0 Å². The van der Waals surface area contributed by atoms with E-state index >= 15 is 0 Å². The van der Waals surface area contributed by atoms with Gasteiger partial charge in [-0.05, 0) is 29.6 Å². The molecule has 2 aromatic heterocycles. The van der Waals surface area contributed by atoms with Crippen LogP contribution in [0.4, 0.5) is 18.9 Å². The number of nitrogens with one attached hydrogen (secondary N) is 1. The molecule has 124 valence electrons. The van der Waals surface area contributed by atoms with Crippen LogP contribution in [0.5, 0.6) is 5.88 Å². The maximum absolute atomic E-state index is 12.6. The van der Waals surface area contributed by atoms with Crippen LogP contribution in [0, 0.1) is 0 Å². The van der Waals surface area contributed by atoms with E-state index in [1.54, 1.807) is 6.07 Å². The smallest absolute Gasteiger partial charge is 0.416 e. The minimum absolute atomic E-state index is 0.0433. The molecule has 0 unspecified atom stereocenters. The summed E-state index contributed by atoms with van der Waals surface area (Å²) in [5.41, 5.74) is -0.793. The average Bonchev–Trinajstić information content (AvgIpc) is 3.01. The van der Waals surface area contributed by atoms with Gasteiger partial charge in [-0.2, -0.15) is 13.2 Å². The molecule has 3 rings (SSSR count). The molecule has 0 aliphatic rings. The van der Waals surface area contributed by atoms with Gasteiger partial charge in [0.05, 0.1) is 10.9 Å². The number of ether oxygens (including phenoxy) is 1. The fourth-order valence-corrected chi connectivity index (χ4v) is 2.71. The SMILES string of the molecule is O=C(COc1ncnc2sccc12)Nc1cccc(C(F)(F)F)c1. The quantitative estimate of drug-likeness (QED) is 0.776.